The number of nitrogens with one attached hydrogen (secondary N) is 2. The first kappa shape index (κ1) is 35.7. The smallest absolute Gasteiger partial charge is 0.407 e. The summed E-state index contributed by atoms with van der Waals surface area (Å²) in [7, 11) is 0. The average Bonchev–Trinajstić information content (AvgIpc) is 3.62. The van der Waals surface area contributed by atoms with Crippen LogP contribution in [0.2, 0.25) is 0 Å². The van der Waals surface area contributed by atoms with Crippen LogP contribution in [-0.2, 0) is 19.1 Å². The quantitative estimate of drug-likeness (QED) is 0.0998. The number of carboxylic acids is 2. The van der Waals surface area contributed by atoms with Gasteiger partial charge in [0.2, 0.25) is 0 Å². The largest absolute Gasteiger partial charge is 0.481 e. The summed E-state index contributed by atoms with van der Waals surface area (Å²) in [6.45, 7) is 1.41. The molecule has 2 amide bonds. The highest BCUT2D eigenvalue weighted by Crippen LogP contribution is 2.45. The highest BCUT2D eigenvalue weighted by Gasteiger charge is 2.30. The number of unbranched alkanes of at least 4 members (excludes halogenated alkanes) is 2. The molecule has 0 atom stereocenters. The first-order valence-electron chi connectivity index (χ1n) is 16.9. The standard InChI is InChI=1S/2C20H21NO4/c2*22-19(23)11-5-6-12-21-20(24)25-13-18-16-9-3-1-7-14(16)15-8-2-4-10-17(15)18/h2*1-4,7-10,18H,5-6,11-13H2,(H,21,24)(H,22,23). The molecular formula is C40H42N2O8. The number of alkyl carbamates (subject to hydrolysis) is 2. The van der Waals surface area contributed by atoms with Gasteiger partial charge in [-0.3, -0.25) is 9.59 Å². The van der Waals surface area contributed by atoms with E-state index in [-0.39, 0.29) is 37.9 Å². The summed E-state index contributed by atoms with van der Waals surface area (Å²) in [6, 6.07) is 32.7. The van der Waals surface area contributed by atoms with Crippen molar-refractivity contribution < 1.29 is 38.9 Å². The molecule has 2 aliphatic carbocycles. The van der Waals surface area contributed by atoms with E-state index >= 15 is 0 Å². The number of fused-ring (bicyclic) bond motifs is 6. The van der Waals surface area contributed by atoms with Crippen molar-refractivity contribution in [2.45, 2.75) is 50.4 Å². The zero-order valence-corrected chi connectivity index (χ0v) is 27.8. The van der Waals surface area contributed by atoms with Crippen LogP contribution in [0.3, 0.4) is 0 Å². The van der Waals surface area contributed by atoms with E-state index in [2.05, 4.69) is 59.2 Å². The van der Waals surface area contributed by atoms with Crippen LogP contribution in [0.5, 0.6) is 0 Å². The SMILES string of the molecule is O=C(O)CCCCNC(=O)OCC1c2ccccc2-c2ccccc21.O=C(O)CCCCNC(=O)OCC1c2ccccc2-c2ccccc21. The molecule has 0 fully saturated rings. The summed E-state index contributed by atoms with van der Waals surface area (Å²) >= 11 is 0. The van der Waals surface area contributed by atoms with Crippen LogP contribution in [0.25, 0.3) is 22.3 Å². The van der Waals surface area contributed by atoms with Gasteiger partial charge in [0.15, 0.2) is 0 Å². The van der Waals surface area contributed by atoms with Crippen molar-refractivity contribution in [1.82, 2.24) is 10.6 Å². The molecule has 0 aliphatic heterocycles. The summed E-state index contributed by atoms with van der Waals surface area (Å²) < 4.78 is 10.8. The van der Waals surface area contributed by atoms with Crippen molar-refractivity contribution in [2.75, 3.05) is 26.3 Å². The van der Waals surface area contributed by atoms with Gasteiger partial charge >= 0.3 is 24.1 Å². The average molecular weight is 679 g/mol. The summed E-state index contributed by atoms with van der Waals surface area (Å²) in [4.78, 5) is 44.6. The second-order valence-corrected chi connectivity index (χ2v) is 12.2. The summed E-state index contributed by atoms with van der Waals surface area (Å²) in [5, 5.41) is 22.5. The molecule has 2 aliphatic rings. The Balaban J connectivity index is 0.000000194. The second kappa shape index (κ2) is 17.7. The molecule has 10 heteroatoms. The molecule has 0 spiro atoms. The number of rotatable bonds is 14. The van der Waals surface area contributed by atoms with E-state index in [0.717, 1.165) is 0 Å². The second-order valence-electron chi connectivity index (χ2n) is 12.2. The molecule has 0 unspecified atom stereocenters. The maximum absolute atomic E-state index is 11.9. The van der Waals surface area contributed by atoms with Gasteiger partial charge in [-0.05, 0) is 70.2 Å². The minimum absolute atomic E-state index is 0.0464. The molecule has 0 saturated heterocycles. The number of hydrogen-bond donors (Lipinski definition) is 4. The number of aliphatic carboxylic acids is 2. The molecule has 4 aromatic carbocycles. The monoisotopic (exact) mass is 678 g/mol. The molecule has 10 nitrogen and oxygen atoms in total. The van der Waals surface area contributed by atoms with Crippen molar-refractivity contribution in [1.29, 1.82) is 0 Å². The van der Waals surface area contributed by atoms with Gasteiger partial charge in [0, 0.05) is 37.8 Å². The number of carbonyl (C=O) groups is 4. The van der Waals surface area contributed by atoms with Crippen LogP contribution in [0, 0.1) is 0 Å². The van der Waals surface area contributed by atoms with Crippen molar-refractivity contribution >= 4 is 24.1 Å². The van der Waals surface area contributed by atoms with Crippen LogP contribution >= 0.6 is 0 Å². The highest BCUT2D eigenvalue weighted by atomic mass is 16.6. The topological polar surface area (TPSA) is 151 Å². The maximum atomic E-state index is 11.9. The van der Waals surface area contributed by atoms with Crippen LogP contribution in [-0.4, -0.2) is 60.6 Å². The van der Waals surface area contributed by atoms with Crippen molar-refractivity contribution in [3.05, 3.63) is 119 Å². The third-order valence-electron chi connectivity index (χ3n) is 8.86. The molecule has 0 aromatic heterocycles. The number of amides is 2. The van der Waals surface area contributed by atoms with E-state index < -0.39 is 24.1 Å². The van der Waals surface area contributed by atoms with Gasteiger partial charge in [0.05, 0.1) is 0 Å². The molecule has 0 radical (unpaired) electrons. The van der Waals surface area contributed by atoms with Crippen LogP contribution in [0.15, 0.2) is 97.1 Å². The first-order valence-corrected chi connectivity index (χ1v) is 16.9. The Kier molecular flexibility index (Phi) is 12.6. The molecule has 50 heavy (non-hydrogen) atoms. The van der Waals surface area contributed by atoms with Gasteiger partial charge in [0.1, 0.15) is 13.2 Å². The molecule has 0 bridgehead atoms. The Hall–Kier alpha value is -5.64. The number of carbonyl (C=O) groups excluding carboxylic acids is 2. The normalized spacial score (nSPS) is 12.3. The molecule has 260 valence electrons. The van der Waals surface area contributed by atoms with Gasteiger partial charge in [-0.15, -0.1) is 0 Å². The zero-order chi connectivity index (χ0) is 35.3. The Labute approximate surface area is 291 Å². The predicted molar refractivity (Wildman–Crippen MR) is 189 cm³/mol. The van der Waals surface area contributed by atoms with E-state index in [0.29, 0.717) is 38.8 Å². The Morgan fingerprint density at radius 2 is 0.780 bits per heavy atom. The van der Waals surface area contributed by atoms with Gasteiger partial charge in [-0.2, -0.15) is 0 Å². The molecule has 4 N–H and O–H groups in total. The minimum Gasteiger partial charge on any atom is -0.481 e. The third-order valence-corrected chi connectivity index (χ3v) is 8.86. The van der Waals surface area contributed by atoms with Gasteiger partial charge < -0.3 is 30.3 Å². The molecule has 0 saturated carbocycles. The van der Waals surface area contributed by atoms with Gasteiger partial charge in [-0.1, -0.05) is 97.1 Å². The van der Waals surface area contributed by atoms with Crippen LogP contribution in [0.1, 0.15) is 72.6 Å². The highest BCUT2D eigenvalue weighted by molar-refractivity contribution is 5.80. The first-order chi connectivity index (χ1) is 24.3. The fourth-order valence-corrected chi connectivity index (χ4v) is 6.48. The molecule has 6 rings (SSSR count). The number of benzene rings is 4. The lowest BCUT2D eigenvalue weighted by molar-refractivity contribution is -0.138. The Morgan fingerprint density at radius 3 is 1.08 bits per heavy atom. The van der Waals surface area contributed by atoms with E-state index in [4.69, 9.17) is 19.7 Å². The van der Waals surface area contributed by atoms with E-state index in [1.54, 1.807) is 0 Å². The molecule has 0 heterocycles. The van der Waals surface area contributed by atoms with Gasteiger partial charge in [-0.25, -0.2) is 9.59 Å². The number of carboxylic acid groups (broad SMARTS) is 2. The maximum Gasteiger partial charge on any atom is 0.407 e. The lowest BCUT2D eigenvalue weighted by atomic mass is 9.98. The van der Waals surface area contributed by atoms with Crippen molar-refractivity contribution in [3.63, 3.8) is 0 Å². The van der Waals surface area contributed by atoms with Crippen LogP contribution < -0.4 is 10.6 Å². The number of ether oxygens (including phenoxy) is 2. The van der Waals surface area contributed by atoms with E-state index in [9.17, 15) is 19.2 Å². The number of hydrogen-bond acceptors (Lipinski definition) is 6. The summed E-state index contributed by atoms with van der Waals surface area (Å²) in [5.41, 5.74) is 9.50. The summed E-state index contributed by atoms with van der Waals surface area (Å²) in [5.74, 6) is -1.54. The lowest BCUT2D eigenvalue weighted by Crippen LogP contribution is -2.27. The predicted octanol–water partition coefficient (Wildman–Crippen LogP) is 7.56. The summed E-state index contributed by atoms with van der Waals surface area (Å²) in [6.07, 6.45) is 1.64. The van der Waals surface area contributed by atoms with Crippen molar-refractivity contribution in [3.8, 4) is 22.3 Å². The Bertz CT molecular complexity index is 1580. The molecular weight excluding hydrogens is 636 g/mol. The zero-order valence-electron chi connectivity index (χ0n) is 27.8. The van der Waals surface area contributed by atoms with E-state index in [1.165, 1.54) is 44.5 Å². The Morgan fingerprint density at radius 1 is 0.480 bits per heavy atom. The fourth-order valence-electron chi connectivity index (χ4n) is 6.48. The van der Waals surface area contributed by atoms with Crippen LogP contribution in [0.4, 0.5) is 9.59 Å². The van der Waals surface area contributed by atoms with E-state index in [1.807, 2.05) is 48.5 Å². The van der Waals surface area contributed by atoms with Crippen molar-refractivity contribution in [2.24, 2.45) is 0 Å². The third kappa shape index (κ3) is 9.28. The fraction of sp³-hybridized carbons (Fsp3) is 0.300. The van der Waals surface area contributed by atoms with Gasteiger partial charge in [0.25, 0.3) is 0 Å². The molecule has 4 aromatic rings. The minimum atomic E-state index is -0.818. The lowest BCUT2D eigenvalue weighted by Gasteiger charge is -2.14.